The first-order chi connectivity index (χ1) is 19.0. The highest BCUT2D eigenvalue weighted by atomic mass is 16.6. The van der Waals surface area contributed by atoms with Crippen LogP contribution in [-0.4, -0.2) is 72.2 Å². The minimum Gasteiger partial charge on any atom is -0.493 e. The first-order valence-corrected chi connectivity index (χ1v) is 14.5. The van der Waals surface area contributed by atoms with Gasteiger partial charge in [-0.25, -0.2) is 0 Å². The number of carbonyl (C=O) groups excluding carboxylic acids is 2. The lowest BCUT2D eigenvalue weighted by molar-refractivity contribution is -0.167. The third-order valence-corrected chi connectivity index (χ3v) is 7.31. The molecule has 0 aliphatic heterocycles. The van der Waals surface area contributed by atoms with Crippen LogP contribution in [0.25, 0.3) is 0 Å². The fraction of sp³-hybridized carbons (Fsp3) is 0.710. The summed E-state index contributed by atoms with van der Waals surface area (Å²) in [5.41, 5.74) is 4.05. The Morgan fingerprint density at radius 1 is 1.02 bits per heavy atom. The van der Waals surface area contributed by atoms with Crippen molar-refractivity contribution in [3.63, 3.8) is 0 Å². The van der Waals surface area contributed by atoms with Gasteiger partial charge in [-0.05, 0) is 69.9 Å². The molecule has 10 heteroatoms. The molecule has 0 fully saturated rings. The normalized spacial score (nSPS) is 15.6. The number of methoxy groups -OCH3 is 1. The summed E-state index contributed by atoms with van der Waals surface area (Å²) in [6, 6.07) is 7.00. The molecule has 0 aliphatic rings. The van der Waals surface area contributed by atoms with Crippen molar-refractivity contribution in [1.82, 2.24) is 5.32 Å². The maximum Gasteiger partial charge on any atom is 0.324 e. The zero-order valence-electron chi connectivity index (χ0n) is 26.1. The lowest BCUT2D eigenvalue weighted by Gasteiger charge is -2.35. The molecule has 0 heterocycles. The second kappa shape index (κ2) is 16.7. The molecule has 0 aliphatic carbocycles. The van der Waals surface area contributed by atoms with Gasteiger partial charge in [-0.2, -0.15) is 0 Å². The van der Waals surface area contributed by atoms with Gasteiger partial charge in [-0.1, -0.05) is 39.8 Å². The molecule has 0 saturated heterocycles. The number of nitrogens with two attached hydrogens (primary N) is 1. The Hall–Kier alpha value is -2.69. The smallest absolute Gasteiger partial charge is 0.324 e. The molecule has 234 valence electrons. The number of rotatable bonds is 18. The quantitative estimate of drug-likeness (QED) is 0.149. The molecular formula is C31H52N2O8. The van der Waals surface area contributed by atoms with Gasteiger partial charge in [-0.3, -0.25) is 14.4 Å². The summed E-state index contributed by atoms with van der Waals surface area (Å²) in [5.74, 6) is -3.46. The number of aliphatic carboxylic acids is 1. The van der Waals surface area contributed by atoms with Gasteiger partial charge >= 0.3 is 11.9 Å². The molecule has 0 saturated carbocycles. The Kier molecular flexibility index (Phi) is 14.8. The molecule has 0 bridgehead atoms. The van der Waals surface area contributed by atoms with Gasteiger partial charge in [0.15, 0.2) is 0 Å². The van der Waals surface area contributed by atoms with Gasteiger partial charge in [0.2, 0.25) is 0 Å². The lowest BCUT2D eigenvalue weighted by Crippen LogP contribution is -2.56. The van der Waals surface area contributed by atoms with Crippen molar-refractivity contribution in [1.29, 1.82) is 0 Å². The highest BCUT2D eigenvalue weighted by Gasteiger charge is 2.44. The maximum atomic E-state index is 13.3. The van der Waals surface area contributed by atoms with Crippen LogP contribution < -0.4 is 15.8 Å². The van der Waals surface area contributed by atoms with Crippen LogP contribution in [0.1, 0.15) is 84.5 Å². The molecule has 0 radical (unpaired) electrons. The number of aliphatic hydroxyl groups excluding tert-OH is 1. The Labute approximate surface area is 245 Å². The number of amides is 1. The van der Waals surface area contributed by atoms with E-state index in [4.69, 9.17) is 19.9 Å². The second-order valence-corrected chi connectivity index (χ2v) is 12.4. The zero-order valence-corrected chi connectivity index (χ0v) is 26.1. The van der Waals surface area contributed by atoms with Crippen molar-refractivity contribution in [2.45, 2.75) is 91.4 Å². The number of hydrogen-bond acceptors (Lipinski definition) is 8. The van der Waals surface area contributed by atoms with Gasteiger partial charge in [-0.15, -0.1) is 0 Å². The molecule has 5 N–H and O–H groups in total. The predicted molar refractivity (Wildman–Crippen MR) is 158 cm³/mol. The molecule has 1 amide bonds. The van der Waals surface area contributed by atoms with Crippen LogP contribution in [0.4, 0.5) is 0 Å². The van der Waals surface area contributed by atoms with Crippen LogP contribution in [-0.2, 0) is 19.1 Å². The Balaban J connectivity index is 3.10. The van der Waals surface area contributed by atoms with Crippen molar-refractivity contribution in [3.05, 3.63) is 29.8 Å². The number of benzene rings is 1. The summed E-state index contributed by atoms with van der Waals surface area (Å²) >= 11 is 0. The van der Waals surface area contributed by atoms with Gasteiger partial charge in [0, 0.05) is 26.7 Å². The lowest BCUT2D eigenvalue weighted by atomic mass is 9.76. The van der Waals surface area contributed by atoms with E-state index in [0.717, 1.165) is 12.8 Å². The molecular weight excluding hydrogens is 528 g/mol. The van der Waals surface area contributed by atoms with Crippen molar-refractivity contribution >= 4 is 17.8 Å². The number of carboxylic acid groups (broad SMARTS) is 1. The zero-order chi connectivity index (χ0) is 31.4. The molecule has 0 unspecified atom stereocenters. The number of unbranched alkanes of at least 4 members (excludes halogenated alkanes) is 1. The summed E-state index contributed by atoms with van der Waals surface area (Å²) in [5, 5.41) is 24.0. The van der Waals surface area contributed by atoms with Crippen molar-refractivity contribution in [2.75, 3.05) is 26.9 Å². The van der Waals surface area contributed by atoms with Crippen molar-refractivity contribution < 1.29 is 38.8 Å². The van der Waals surface area contributed by atoms with Gasteiger partial charge in [0.1, 0.15) is 16.9 Å². The standard InChI is InChI=1S/C31H52N2O8/c1-20(2)22(19-33-27(35)23-13-9-10-14-26(23)40-16-12-11-15-39-8)17-24(28(36)41-30(5,6)7)25(34)18-31(32,21(3)4)29(37)38/h9-10,13-14,20-22,24-25,34H,11-12,15-19,32H2,1-8H3,(H,33,35)(H,37,38)/t22-,24+,25+,31+/m1/s1. The molecule has 0 spiro atoms. The van der Waals surface area contributed by atoms with E-state index in [1.165, 1.54) is 0 Å². The minimum absolute atomic E-state index is 0.0203. The molecule has 41 heavy (non-hydrogen) atoms. The highest BCUT2D eigenvalue weighted by Crippen LogP contribution is 2.31. The number of aliphatic hydroxyl groups is 1. The largest absolute Gasteiger partial charge is 0.493 e. The number of ether oxygens (including phenoxy) is 3. The number of para-hydroxylation sites is 1. The Morgan fingerprint density at radius 3 is 2.17 bits per heavy atom. The topological polar surface area (TPSA) is 157 Å². The fourth-order valence-corrected chi connectivity index (χ4v) is 4.39. The third kappa shape index (κ3) is 12.0. The van der Waals surface area contributed by atoms with Crippen LogP contribution in [0.15, 0.2) is 24.3 Å². The number of esters is 1. The van der Waals surface area contributed by atoms with E-state index in [2.05, 4.69) is 5.32 Å². The summed E-state index contributed by atoms with van der Waals surface area (Å²) < 4.78 is 16.5. The average Bonchev–Trinajstić information content (AvgIpc) is 2.86. The van der Waals surface area contributed by atoms with E-state index in [1.54, 1.807) is 66.0 Å². The van der Waals surface area contributed by atoms with E-state index >= 15 is 0 Å². The molecule has 1 rings (SSSR count). The number of carbonyl (C=O) groups is 3. The summed E-state index contributed by atoms with van der Waals surface area (Å²) in [6.07, 6.45) is 0.115. The summed E-state index contributed by atoms with van der Waals surface area (Å²) in [7, 11) is 1.65. The molecule has 10 nitrogen and oxygen atoms in total. The molecule has 4 atom stereocenters. The number of carboxylic acids is 1. The van der Waals surface area contributed by atoms with Crippen LogP contribution >= 0.6 is 0 Å². The van der Waals surface area contributed by atoms with Gasteiger partial charge in [0.05, 0.1) is 24.2 Å². The average molecular weight is 581 g/mol. The number of hydrogen-bond donors (Lipinski definition) is 4. The monoisotopic (exact) mass is 580 g/mol. The van der Waals surface area contributed by atoms with Crippen LogP contribution in [0.5, 0.6) is 5.75 Å². The molecule has 0 aromatic heterocycles. The van der Waals surface area contributed by atoms with Crippen LogP contribution in [0.3, 0.4) is 0 Å². The maximum absolute atomic E-state index is 13.3. The molecule has 1 aromatic rings. The first kappa shape index (κ1) is 36.3. The van der Waals surface area contributed by atoms with E-state index in [-0.39, 0.29) is 37.1 Å². The number of nitrogens with one attached hydrogen (secondary N) is 1. The van der Waals surface area contributed by atoms with Crippen molar-refractivity contribution in [2.24, 2.45) is 29.4 Å². The Bertz CT molecular complexity index is 975. The Morgan fingerprint density at radius 2 is 1.63 bits per heavy atom. The summed E-state index contributed by atoms with van der Waals surface area (Å²) in [4.78, 5) is 38.4. The van der Waals surface area contributed by atoms with Gasteiger partial charge in [0.25, 0.3) is 5.91 Å². The van der Waals surface area contributed by atoms with Crippen LogP contribution in [0, 0.1) is 23.7 Å². The predicted octanol–water partition coefficient (Wildman–Crippen LogP) is 4.03. The minimum atomic E-state index is -1.73. The van der Waals surface area contributed by atoms with Crippen LogP contribution in [0.2, 0.25) is 0 Å². The first-order valence-electron chi connectivity index (χ1n) is 14.5. The fourth-order valence-electron chi connectivity index (χ4n) is 4.39. The second-order valence-electron chi connectivity index (χ2n) is 12.4. The van der Waals surface area contributed by atoms with E-state index in [1.807, 2.05) is 13.8 Å². The van der Waals surface area contributed by atoms with Crippen molar-refractivity contribution in [3.8, 4) is 5.75 Å². The highest BCUT2D eigenvalue weighted by molar-refractivity contribution is 5.96. The van der Waals surface area contributed by atoms with E-state index in [0.29, 0.717) is 24.5 Å². The molecule has 1 aromatic carbocycles. The SMILES string of the molecule is COCCCCOc1ccccc1C(=O)NC[C@@H](C[C@H](C(=O)OC(C)(C)C)[C@@H](O)C[C@@](N)(C(=O)O)C(C)C)C(C)C. The van der Waals surface area contributed by atoms with Gasteiger partial charge < -0.3 is 35.5 Å². The van der Waals surface area contributed by atoms with E-state index in [9.17, 15) is 24.6 Å². The summed E-state index contributed by atoms with van der Waals surface area (Å²) in [6.45, 7) is 13.7. The third-order valence-electron chi connectivity index (χ3n) is 7.31. The van der Waals surface area contributed by atoms with E-state index < -0.39 is 41.0 Å².